The Morgan fingerprint density at radius 1 is 1.41 bits per heavy atom. The van der Waals surface area contributed by atoms with Gasteiger partial charge < -0.3 is 10.5 Å². The van der Waals surface area contributed by atoms with Crippen LogP contribution in [-0.2, 0) is 0 Å². The fraction of sp³-hybridized carbons (Fsp3) is 0.308. The first-order chi connectivity index (χ1) is 8.15. The minimum atomic E-state index is 0.250. The SMILES string of the molecule is COc1cc2ccc(C(C)CN)nc2cc1Cl. The minimum absolute atomic E-state index is 0.250. The van der Waals surface area contributed by atoms with Gasteiger partial charge in [0, 0.05) is 23.5 Å². The Balaban J connectivity index is 2.55. The van der Waals surface area contributed by atoms with Gasteiger partial charge in [-0.3, -0.25) is 4.98 Å². The number of ether oxygens (including phenoxy) is 1. The normalized spacial score (nSPS) is 12.7. The zero-order valence-corrected chi connectivity index (χ0v) is 10.7. The van der Waals surface area contributed by atoms with E-state index in [0.29, 0.717) is 17.3 Å². The predicted octanol–water partition coefficient (Wildman–Crippen LogP) is 2.96. The molecule has 0 aliphatic carbocycles. The number of hydrogen-bond donors (Lipinski definition) is 1. The van der Waals surface area contributed by atoms with E-state index in [4.69, 9.17) is 22.1 Å². The fourth-order valence-corrected chi connectivity index (χ4v) is 1.93. The van der Waals surface area contributed by atoms with Crippen LogP contribution in [0.4, 0.5) is 0 Å². The number of rotatable bonds is 3. The van der Waals surface area contributed by atoms with Crippen molar-refractivity contribution in [2.45, 2.75) is 12.8 Å². The molecule has 17 heavy (non-hydrogen) atoms. The molecule has 2 aromatic rings. The van der Waals surface area contributed by atoms with Crippen LogP contribution in [0.15, 0.2) is 24.3 Å². The lowest BCUT2D eigenvalue weighted by Crippen LogP contribution is -2.10. The molecule has 0 radical (unpaired) electrons. The summed E-state index contributed by atoms with van der Waals surface area (Å²) in [6, 6.07) is 7.72. The molecule has 0 bridgehead atoms. The Hall–Kier alpha value is -1.32. The summed E-state index contributed by atoms with van der Waals surface area (Å²) < 4.78 is 5.17. The van der Waals surface area contributed by atoms with Gasteiger partial charge in [-0.05, 0) is 18.2 Å². The van der Waals surface area contributed by atoms with E-state index in [1.54, 1.807) is 7.11 Å². The average molecular weight is 251 g/mol. The molecule has 1 heterocycles. The Morgan fingerprint density at radius 2 is 2.18 bits per heavy atom. The first-order valence-corrected chi connectivity index (χ1v) is 5.87. The molecule has 3 nitrogen and oxygen atoms in total. The average Bonchev–Trinajstić information content (AvgIpc) is 2.36. The van der Waals surface area contributed by atoms with Crippen molar-refractivity contribution in [3.8, 4) is 5.75 Å². The first-order valence-electron chi connectivity index (χ1n) is 5.50. The maximum atomic E-state index is 6.08. The van der Waals surface area contributed by atoms with Crippen molar-refractivity contribution >= 4 is 22.5 Å². The summed E-state index contributed by atoms with van der Waals surface area (Å²) in [5.41, 5.74) is 7.49. The highest BCUT2D eigenvalue weighted by Crippen LogP contribution is 2.29. The van der Waals surface area contributed by atoms with E-state index < -0.39 is 0 Å². The molecular weight excluding hydrogens is 236 g/mol. The summed E-state index contributed by atoms with van der Waals surface area (Å²) in [6.07, 6.45) is 0. The van der Waals surface area contributed by atoms with E-state index >= 15 is 0 Å². The van der Waals surface area contributed by atoms with Gasteiger partial charge in [-0.25, -0.2) is 0 Å². The second-order valence-corrected chi connectivity index (χ2v) is 4.46. The van der Waals surface area contributed by atoms with Crippen molar-refractivity contribution in [1.82, 2.24) is 4.98 Å². The monoisotopic (exact) mass is 250 g/mol. The molecule has 1 aromatic heterocycles. The maximum absolute atomic E-state index is 6.08. The zero-order valence-electron chi connectivity index (χ0n) is 9.90. The third kappa shape index (κ3) is 2.35. The highest BCUT2D eigenvalue weighted by atomic mass is 35.5. The summed E-state index contributed by atoms with van der Waals surface area (Å²) in [5.74, 6) is 0.917. The van der Waals surface area contributed by atoms with E-state index in [0.717, 1.165) is 16.6 Å². The number of aromatic nitrogens is 1. The van der Waals surface area contributed by atoms with Crippen LogP contribution in [0.25, 0.3) is 10.9 Å². The van der Waals surface area contributed by atoms with Gasteiger partial charge in [-0.15, -0.1) is 0 Å². The van der Waals surface area contributed by atoms with Crippen LogP contribution in [0, 0.1) is 0 Å². The molecule has 0 amide bonds. The smallest absolute Gasteiger partial charge is 0.138 e. The predicted molar refractivity (Wildman–Crippen MR) is 70.8 cm³/mol. The molecule has 1 unspecified atom stereocenters. The first kappa shape index (κ1) is 12.1. The van der Waals surface area contributed by atoms with Crippen LogP contribution >= 0.6 is 11.6 Å². The van der Waals surface area contributed by atoms with Crippen molar-refractivity contribution in [2.24, 2.45) is 5.73 Å². The van der Waals surface area contributed by atoms with E-state index in [9.17, 15) is 0 Å². The standard InChI is InChI=1S/C13H15ClN2O/c1-8(7-15)11-4-3-9-5-13(17-2)10(14)6-12(9)16-11/h3-6,8H,7,15H2,1-2H3. The maximum Gasteiger partial charge on any atom is 0.138 e. The lowest BCUT2D eigenvalue weighted by Gasteiger charge is -2.10. The van der Waals surface area contributed by atoms with Crippen LogP contribution in [0.2, 0.25) is 5.02 Å². The van der Waals surface area contributed by atoms with Gasteiger partial charge in [0.15, 0.2) is 0 Å². The lowest BCUT2D eigenvalue weighted by molar-refractivity contribution is 0.415. The fourth-order valence-electron chi connectivity index (χ4n) is 1.69. The number of hydrogen-bond acceptors (Lipinski definition) is 3. The summed E-state index contributed by atoms with van der Waals surface area (Å²) in [7, 11) is 1.60. The summed E-state index contributed by atoms with van der Waals surface area (Å²) in [4.78, 5) is 4.56. The highest BCUT2D eigenvalue weighted by molar-refractivity contribution is 6.32. The Labute approximate surface area is 106 Å². The largest absolute Gasteiger partial charge is 0.495 e. The lowest BCUT2D eigenvalue weighted by atomic mass is 10.1. The summed E-state index contributed by atoms with van der Waals surface area (Å²) >= 11 is 6.08. The van der Waals surface area contributed by atoms with Crippen molar-refractivity contribution in [3.63, 3.8) is 0 Å². The molecule has 1 aromatic carbocycles. The van der Waals surface area contributed by atoms with Crippen LogP contribution in [0.3, 0.4) is 0 Å². The van der Waals surface area contributed by atoms with Crippen LogP contribution < -0.4 is 10.5 Å². The summed E-state index contributed by atoms with van der Waals surface area (Å²) in [5, 5.41) is 1.59. The molecule has 1 atom stereocenters. The molecule has 2 N–H and O–H groups in total. The molecule has 0 saturated heterocycles. The van der Waals surface area contributed by atoms with Crippen LogP contribution in [0.1, 0.15) is 18.5 Å². The number of benzene rings is 1. The van der Waals surface area contributed by atoms with Gasteiger partial charge in [0.2, 0.25) is 0 Å². The quantitative estimate of drug-likeness (QED) is 0.911. The molecule has 0 aliphatic heterocycles. The van der Waals surface area contributed by atoms with Gasteiger partial charge in [0.1, 0.15) is 5.75 Å². The zero-order chi connectivity index (χ0) is 12.4. The molecule has 0 aliphatic rings. The van der Waals surface area contributed by atoms with Crippen LogP contribution in [0.5, 0.6) is 5.75 Å². The topological polar surface area (TPSA) is 48.1 Å². The van der Waals surface area contributed by atoms with E-state index in [-0.39, 0.29) is 5.92 Å². The van der Waals surface area contributed by atoms with E-state index in [2.05, 4.69) is 11.9 Å². The van der Waals surface area contributed by atoms with Crippen LogP contribution in [-0.4, -0.2) is 18.6 Å². The van der Waals surface area contributed by atoms with Gasteiger partial charge in [0.05, 0.1) is 17.6 Å². The number of halogens is 1. The molecular formula is C13H15ClN2O. The van der Waals surface area contributed by atoms with Gasteiger partial charge in [0.25, 0.3) is 0 Å². The number of nitrogens with zero attached hydrogens (tertiary/aromatic N) is 1. The van der Waals surface area contributed by atoms with Crippen molar-refractivity contribution in [3.05, 3.63) is 35.0 Å². The van der Waals surface area contributed by atoms with E-state index in [1.807, 2.05) is 24.3 Å². The Morgan fingerprint density at radius 3 is 2.82 bits per heavy atom. The summed E-state index contributed by atoms with van der Waals surface area (Å²) in [6.45, 7) is 2.64. The number of pyridine rings is 1. The second-order valence-electron chi connectivity index (χ2n) is 4.05. The van der Waals surface area contributed by atoms with Gasteiger partial charge >= 0.3 is 0 Å². The van der Waals surface area contributed by atoms with Crippen molar-refractivity contribution < 1.29 is 4.74 Å². The molecule has 0 saturated carbocycles. The minimum Gasteiger partial charge on any atom is -0.495 e. The molecule has 4 heteroatoms. The number of methoxy groups -OCH3 is 1. The van der Waals surface area contributed by atoms with Gasteiger partial charge in [-0.1, -0.05) is 24.6 Å². The number of nitrogens with two attached hydrogens (primary N) is 1. The molecule has 2 rings (SSSR count). The number of fused-ring (bicyclic) bond motifs is 1. The van der Waals surface area contributed by atoms with Gasteiger partial charge in [-0.2, -0.15) is 0 Å². The molecule has 0 spiro atoms. The molecule has 0 fully saturated rings. The highest BCUT2D eigenvalue weighted by Gasteiger charge is 2.08. The Kier molecular flexibility index (Phi) is 3.50. The second kappa shape index (κ2) is 4.90. The Bertz CT molecular complexity index is 542. The van der Waals surface area contributed by atoms with E-state index in [1.165, 1.54) is 0 Å². The van der Waals surface area contributed by atoms with Crippen molar-refractivity contribution in [1.29, 1.82) is 0 Å². The third-order valence-electron chi connectivity index (χ3n) is 2.84. The van der Waals surface area contributed by atoms with Crippen molar-refractivity contribution in [2.75, 3.05) is 13.7 Å². The third-order valence-corrected chi connectivity index (χ3v) is 3.14. The molecule has 90 valence electrons.